The first-order valence-electron chi connectivity index (χ1n) is 13.1. The molecule has 4 aromatic rings. The fraction of sp³-hybridized carbons (Fsp3) is 0.375. The third kappa shape index (κ3) is 8.30. The first kappa shape index (κ1) is 32.8. The number of fused-ring (bicyclic) bond motifs is 2. The summed E-state index contributed by atoms with van der Waals surface area (Å²) in [5.41, 5.74) is 2.76. The van der Waals surface area contributed by atoms with Gasteiger partial charge in [0.2, 0.25) is 0 Å². The van der Waals surface area contributed by atoms with Gasteiger partial charge in [-0.2, -0.15) is 0 Å². The van der Waals surface area contributed by atoms with E-state index >= 15 is 0 Å². The Hall–Kier alpha value is -4.40. The topological polar surface area (TPSA) is 133 Å². The molecule has 0 atom stereocenters. The second kappa shape index (κ2) is 14.8. The molecule has 2 aromatic heterocycles. The molecule has 2 aromatic carbocycles. The molecule has 0 unspecified atom stereocenters. The number of carbonyl (C=O) groups is 2. The number of hydrogen-bond acceptors (Lipinski definition) is 9. The molecule has 0 aliphatic heterocycles. The number of ether oxygens (including phenoxy) is 2. The molecule has 0 fully saturated rings. The number of aromatic hydroxyl groups is 1. The van der Waals surface area contributed by atoms with E-state index in [-0.39, 0.29) is 55.2 Å². The molecule has 220 valence electrons. The van der Waals surface area contributed by atoms with Gasteiger partial charge in [0.15, 0.2) is 10.9 Å². The number of phenolic OH excluding ortho intramolecular Hbond substituents is 1. The number of carbonyl (C=O) groups excluding carboxylic acids is 2. The zero-order valence-electron chi connectivity index (χ0n) is 23.4. The number of aryl methyl sites for hydroxylation is 3. The van der Waals surface area contributed by atoms with Crippen molar-refractivity contribution in [1.29, 1.82) is 0 Å². The summed E-state index contributed by atoms with van der Waals surface area (Å²) >= 11 is 0. The third-order valence-corrected chi connectivity index (χ3v) is 6.28. The Labute approximate surface area is 238 Å². The first-order valence-corrected chi connectivity index (χ1v) is 13.1. The maximum absolute atomic E-state index is 12.4. The Bertz CT molecular complexity index is 1520. The predicted octanol–water partition coefficient (Wildman–Crippen LogP) is 5.84. The Morgan fingerprint density at radius 1 is 0.732 bits per heavy atom. The highest BCUT2D eigenvalue weighted by Gasteiger charge is 2.15. The van der Waals surface area contributed by atoms with Gasteiger partial charge in [-0.25, -0.2) is 0 Å². The molecule has 0 radical (unpaired) electrons. The lowest BCUT2D eigenvalue weighted by Crippen LogP contribution is -2.14. The summed E-state index contributed by atoms with van der Waals surface area (Å²) in [5, 5.41) is 10.3. The number of benzene rings is 2. The molecule has 0 aliphatic rings. The molecule has 0 amide bonds. The van der Waals surface area contributed by atoms with Crippen LogP contribution in [-0.4, -0.2) is 30.3 Å². The second-order valence-electron chi connectivity index (χ2n) is 9.22. The molecule has 1 N–H and O–H groups in total. The zero-order chi connectivity index (χ0) is 29.4. The molecule has 9 nitrogen and oxygen atoms in total. The van der Waals surface area contributed by atoms with Crippen LogP contribution in [0.2, 0.25) is 0 Å². The maximum atomic E-state index is 12.4. The van der Waals surface area contributed by atoms with Gasteiger partial charge < -0.3 is 23.4 Å². The van der Waals surface area contributed by atoms with Crippen LogP contribution in [0.4, 0.5) is 0 Å². The number of phenols is 1. The minimum Gasteiger partial charge on any atom is -0.508 e. The van der Waals surface area contributed by atoms with Crippen LogP contribution in [0.5, 0.6) is 5.75 Å². The normalized spacial score (nSPS) is 10.5. The Balaban J connectivity index is 0.000000280. The summed E-state index contributed by atoms with van der Waals surface area (Å²) < 4.78 is 20.9. The fourth-order valence-corrected chi connectivity index (χ4v) is 4.28. The van der Waals surface area contributed by atoms with Gasteiger partial charge >= 0.3 is 11.9 Å². The SMILES string of the molecule is C.CCOC(=O)CCc1c(C)oc2cc(C)ccc2c1=O.CCOC(=O)CCc1c(C)oc2cc(O)ccc2c1=O. The zero-order valence-corrected chi connectivity index (χ0v) is 23.4. The molecular formula is C32H38O9. The van der Waals surface area contributed by atoms with Crippen LogP contribution in [-0.2, 0) is 31.9 Å². The van der Waals surface area contributed by atoms with E-state index in [1.165, 1.54) is 18.2 Å². The first-order chi connectivity index (χ1) is 19.0. The summed E-state index contributed by atoms with van der Waals surface area (Å²) in [4.78, 5) is 47.5. The molecule has 0 spiro atoms. The van der Waals surface area contributed by atoms with Crippen molar-refractivity contribution in [3.8, 4) is 5.75 Å². The van der Waals surface area contributed by atoms with E-state index in [0.717, 1.165) is 5.56 Å². The van der Waals surface area contributed by atoms with Crippen molar-refractivity contribution in [2.24, 2.45) is 0 Å². The molecule has 0 saturated carbocycles. The smallest absolute Gasteiger partial charge is 0.306 e. The van der Waals surface area contributed by atoms with Crippen LogP contribution in [0.25, 0.3) is 21.9 Å². The fourth-order valence-electron chi connectivity index (χ4n) is 4.28. The number of esters is 2. The van der Waals surface area contributed by atoms with Crippen LogP contribution in [0.3, 0.4) is 0 Å². The van der Waals surface area contributed by atoms with Crippen LogP contribution in [0, 0.1) is 20.8 Å². The predicted molar refractivity (Wildman–Crippen MR) is 157 cm³/mol. The van der Waals surface area contributed by atoms with Crippen molar-refractivity contribution in [2.45, 2.75) is 67.7 Å². The lowest BCUT2D eigenvalue weighted by Gasteiger charge is -2.07. The average Bonchev–Trinajstić information content (AvgIpc) is 2.88. The monoisotopic (exact) mass is 566 g/mol. The van der Waals surface area contributed by atoms with Gasteiger partial charge in [0.1, 0.15) is 28.4 Å². The largest absolute Gasteiger partial charge is 0.508 e. The molecule has 41 heavy (non-hydrogen) atoms. The van der Waals surface area contributed by atoms with Crippen LogP contribution >= 0.6 is 0 Å². The van der Waals surface area contributed by atoms with Crippen molar-refractivity contribution in [2.75, 3.05) is 13.2 Å². The van der Waals surface area contributed by atoms with Gasteiger partial charge in [-0.05, 0) is 77.3 Å². The second-order valence-corrected chi connectivity index (χ2v) is 9.22. The van der Waals surface area contributed by atoms with Gasteiger partial charge in [-0.3, -0.25) is 19.2 Å². The van der Waals surface area contributed by atoms with E-state index in [1.54, 1.807) is 33.8 Å². The highest BCUT2D eigenvalue weighted by atomic mass is 16.5. The molecule has 0 bridgehead atoms. The van der Waals surface area contributed by atoms with Gasteiger partial charge in [-0.1, -0.05) is 13.5 Å². The summed E-state index contributed by atoms with van der Waals surface area (Å²) in [7, 11) is 0. The molecule has 2 heterocycles. The van der Waals surface area contributed by atoms with Crippen LogP contribution in [0.15, 0.2) is 54.8 Å². The minimum atomic E-state index is -0.336. The molecule has 9 heteroatoms. The van der Waals surface area contributed by atoms with E-state index in [4.69, 9.17) is 18.3 Å². The summed E-state index contributed by atoms with van der Waals surface area (Å²) in [6, 6.07) is 9.85. The van der Waals surface area contributed by atoms with Crippen molar-refractivity contribution < 1.29 is 33.0 Å². The van der Waals surface area contributed by atoms with E-state index in [1.807, 2.05) is 19.1 Å². The maximum Gasteiger partial charge on any atom is 0.306 e. The van der Waals surface area contributed by atoms with E-state index < -0.39 is 0 Å². The van der Waals surface area contributed by atoms with E-state index in [2.05, 4.69) is 0 Å². The summed E-state index contributed by atoms with van der Waals surface area (Å²) in [6.07, 6.45) is 0.959. The van der Waals surface area contributed by atoms with Crippen LogP contribution in [0.1, 0.15) is 62.3 Å². The number of rotatable bonds is 8. The summed E-state index contributed by atoms with van der Waals surface area (Å²) in [6.45, 7) is 9.54. The number of hydrogen-bond donors (Lipinski definition) is 1. The highest BCUT2D eigenvalue weighted by molar-refractivity contribution is 5.79. The van der Waals surface area contributed by atoms with Gasteiger partial charge in [-0.15, -0.1) is 0 Å². The van der Waals surface area contributed by atoms with Crippen molar-refractivity contribution in [3.05, 3.63) is 85.1 Å². The van der Waals surface area contributed by atoms with Crippen molar-refractivity contribution in [3.63, 3.8) is 0 Å². The summed E-state index contributed by atoms with van der Waals surface area (Å²) in [5.74, 6) is 0.432. The molecule has 0 aliphatic carbocycles. The Morgan fingerprint density at radius 3 is 1.63 bits per heavy atom. The average molecular weight is 567 g/mol. The standard InChI is InChI=1S/C16H18O4.C15H16O5.CH4/c1-4-19-15(17)8-7-12-11(3)20-14-9-10(2)5-6-13(14)16(12)18;1-3-19-14(17)7-6-11-9(2)20-13-8-10(16)4-5-12(13)15(11)18;/h5-6,9H,4,7-8H2,1-3H3;4-5,8,16H,3,6-7H2,1-2H3;1H4. The molecular weight excluding hydrogens is 528 g/mol. The molecule has 4 rings (SSSR count). The lowest BCUT2D eigenvalue weighted by atomic mass is 10.1. The Kier molecular flexibility index (Phi) is 11.9. The van der Waals surface area contributed by atoms with Crippen molar-refractivity contribution >= 4 is 33.9 Å². The van der Waals surface area contributed by atoms with Crippen LogP contribution < -0.4 is 10.9 Å². The van der Waals surface area contributed by atoms with Gasteiger partial charge in [0.05, 0.1) is 24.0 Å². The minimum absolute atomic E-state index is 0. The van der Waals surface area contributed by atoms with E-state index in [0.29, 0.717) is 64.2 Å². The lowest BCUT2D eigenvalue weighted by molar-refractivity contribution is -0.144. The Morgan fingerprint density at radius 2 is 1.17 bits per heavy atom. The third-order valence-electron chi connectivity index (χ3n) is 6.28. The quantitative estimate of drug-likeness (QED) is 0.261. The highest BCUT2D eigenvalue weighted by Crippen LogP contribution is 2.21. The van der Waals surface area contributed by atoms with Crippen molar-refractivity contribution in [1.82, 2.24) is 0 Å². The van der Waals surface area contributed by atoms with Gasteiger partial charge in [0.25, 0.3) is 0 Å². The van der Waals surface area contributed by atoms with Gasteiger partial charge in [0, 0.05) is 30.0 Å². The van der Waals surface area contributed by atoms with E-state index in [9.17, 15) is 24.3 Å². The molecule has 0 saturated heterocycles.